The summed E-state index contributed by atoms with van der Waals surface area (Å²) < 4.78 is 4.91. The summed E-state index contributed by atoms with van der Waals surface area (Å²) >= 11 is 0. The summed E-state index contributed by atoms with van der Waals surface area (Å²) in [6.07, 6.45) is 1.58. The van der Waals surface area contributed by atoms with Crippen LogP contribution >= 0.6 is 0 Å². The van der Waals surface area contributed by atoms with E-state index in [0.29, 0.717) is 25.3 Å². The van der Waals surface area contributed by atoms with Crippen LogP contribution in [0.1, 0.15) is 22.3 Å². The largest absolute Gasteiger partial charge is 0.385 e. The molecule has 2 rings (SSSR count). The lowest BCUT2D eigenvalue weighted by Crippen LogP contribution is -2.44. The van der Waals surface area contributed by atoms with Gasteiger partial charge in [0.2, 0.25) is 5.91 Å². The van der Waals surface area contributed by atoms with Crippen LogP contribution in [0.5, 0.6) is 0 Å². The van der Waals surface area contributed by atoms with Crippen LogP contribution in [-0.4, -0.2) is 50.1 Å². The molecule has 1 aliphatic heterocycles. The first-order chi connectivity index (χ1) is 9.72. The summed E-state index contributed by atoms with van der Waals surface area (Å²) in [5.74, 6) is -0.173. The first-order valence-corrected chi connectivity index (χ1v) is 6.85. The monoisotopic (exact) mass is 276 g/mol. The van der Waals surface area contributed by atoms with Crippen molar-refractivity contribution >= 4 is 11.8 Å². The number of nitrogens with one attached hydrogen (secondary N) is 1. The van der Waals surface area contributed by atoms with Gasteiger partial charge in [0.05, 0.1) is 6.54 Å². The van der Waals surface area contributed by atoms with Crippen molar-refractivity contribution in [1.82, 2.24) is 10.2 Å². The first kappa shape index (κ1) is 14.5. The summed E-state index contributed by atoms with van der Waals surface area (Å²) in [6.45, 7) is 1.92. The minimum absolute atomic E-state index is 0.0566. The normalized spacial score (nSPS) is 14.1. The highest BCUT2D eigenvalue weighted by Gasteiger charge is 2.25. The predicted molar refractivity (Wildman–Crippen MR) is 75.6 cm³/mol. The van der Waals surface area contributed by atoms with Gasteiger partial charge in [-0.1, -0.05) is 18.2 Å². The minimum Gasteiger partial charge on any atom is -0.385 e. The Hall–Kier alpha value is -1.88. The number of hydrogen-bond acceptors (Lipinski definition) is 3. The van der Waals surface area contributed by atoms with Crippen LogP contribution in [0, 0.1) is 0 Å². The molecule has 2 amide bonds. The van der Waals surface area contributed by atoms with E-state index in [0.717, 1.165) is 18.4 Å². The maximum atomic E-state index is 12.3. The van der Waals surface area contributed by atoms with Gasteiger partial charge in [0.1, 0.15) is 0 Å². The molecule has 0 fully saturated rings. The summed E-state index contributed by atoms with van der Waals surface area (Å²) in [6, 6.07) is 7.57. The Morgan fingerprint density at radius 3 is 3.00 bits per heavy atom. The van der Waals surface area contributed by atoms with E-state index in [4.69, 9.17) is 4.74 Å². The summed E-state index contributed by atoms with van der Waals surface area (Å²) in [4.78, 5) is 25.6. The Kier molecular flexibility index (Phi) is 5.12. The minimum atomic E-state index is -0.117. The molecule has 0 aliphatic carbocycles. The second kappa shape index (κ2) is 7.05. The Morgan fingerprint density at radius 1 is 1.40 bits per heavy atom. The lowest BCUT2D eigenvalue weighted by atomic mass is 9.99. The average molecular weight is 276 g/mol. The molecule has 108 valence electrons. The maximum Gasteiger partial charge on any atom is 0.254 e. The van der Waals surface area contributed by atoms with Gasteiger partial charge >= 0.3 is 0 Å². The van der Waals surface area contributed by atoms with E-state index in [2.05, 4.69) is 5.32 Å². The van der Waals surface area contributed by atoms with Crippen molar-refractivity contribution in [2.75, 3.05) is 33.4 Å². The molecule has 0 saturated carbocycles. The first-order valence-electron chi connectivity index (χ1n) is 6.85. The second-order valence-corrected chi connectivity index (χ2v) is 4.83. The Bertz CT molecular complexity index is 488. The van der Waals surface area contributed by atoms with E-state index in [1.54, 1.807) is 12.0 Å². The van der Waals surface area contributed by atoms with Gasteiger partial charge in [-0.05, 0) is 24.5 Å². The summed E-state index contributed by atoms with van der Waals surface area (Å²) in [5.41, 5.74) is 1.78. The molecule has 0 unspecified atom stereocenters. The Morgan fingerprint density at radius 2 is 2.20 bits per heavy atom. The molecule has 0 bridgehead atoms. The van der Waals surface area contributed by atoms with Crippen molar-refractivity contribution in [3.05, 3.63) is 35.4 Å². The third kappa shape index (κ3) is 3.57. The Balaban J connectivity index is 1.86. The molecule has 5 heteroatoms. The van der Waals surface area contributed by atoms with Gasteiger partial charge in [-0.15, -0.1) is 0 Å². The van der Waals surface area contributed by atoms with Crippen molar-refractivity contribution in [2.45, 2.75) is 12.8 Å². The van der Waals surface area contributed by atoms with Gasteiger partial charge in [-0.3, -0.25) is 9.59 Å². The van der Waals surface area contributed by atoms with E-state index in [1.165, 1.54) is 0 Å². The lowest BCUT2D eigenvalue weighted by molar-refractivity contribution is -0.121. The Labute approximate surface area is 118 Å². The highest BCUT2D eigenvalue weighted by Crippen LogP contribution is 2.18. The molecule has 1 heterocycles. The number of carbonyl (C=O) groups excluding carboxylic acids is 2. The molecular weight excluding hydrogens is 256 g/mol. The van der Waals surface area contributed by atoms with Gasteiger partial charge in [-0.2, -0.15) is 0 Å². The number of nitrogens with zero attached hydrogens (tertiary/aromatic N) is 1. The van der Waals surface area contributed by atoms with E-state index in [1.807, 2.05) is 24.3 Å². The van der Waals surface area contributed by atoms with Crippen molar-refractivity contribution < 1.29 is 14.3 Å². The molecule has 0 atom stereocenters. The summed E-state index contributed by atoms with van der Waals surface area (Å²) in [5, 5.41) is 2.80. The van der Waals surface area contributed by atoms with E-state index in [9.17, 15) is 9.59 Å². The van der Waals surface area contributed by atoms with Crippen LogP contribution in [0.25, 0.3) is 0 Å². The van der Waals surface area contributed by atoms with Crippen molar-refractivity contribution in [3.63, 3.8) is 0 Å². The van der Waals surface area contributed by atoms with Gasteiger partial charge in [0, 0.05) is 32.4 Å². The number of carbonyl (C=O) groups is 2. The topological polar surface area (TPSA) is 58.6 Å². The third-order valence-corrected chi connectivity index (χ3v) is 3.37. The molecular formula is C15H20N2O3. The van der Waals surface area contributed by atoms with Gasteiger partial charge in [0.15, 0.2) is 0 Å². The highest BCUT2D eigenvalue weighted by molar-refractivity contribution is 5.98. The number of rotatable bonds is 6. The van der Waals surface area contributed by atoms with Gasteiger partial charge in [0.25, 0.3) is 5.91 Å². The molecule has 5 nitrogen and oxygen atoms in total. The zero-order chi connectivity index (χ0) is 14.4. The SMILES string of the molecule is COCCCNC(=O)CN1CCc2ccccc2C1=O. The van der Waals surface area contributed by atoms with Crippen LogP contribution in [0.3, 0.4) is 0 Å². The second-order valence-electron chi connectivity index (χ2n) is 4.83. The average Bonchev–Trinajstić information content (AvgIpc) is 2.47. The highest BCUT2D eigenvalue weighted by atomic mass is 16.5. The predicted octanol–water partition coefficient (Wildman–Crippen LogP) is 0.838. The number of methoxy groups -OCH3 is 1. The van der Waals surface area contributed by atoms with Gasteiger partial charge < -0.3 is 15.0 Å². The van der Waals surface area contributed by atoms with E-state index in [-0.39, 0.29) is 18.4 Å². The van der Waals surface area contributed by atoms with Crippen LogP contribution in [0.2, 0.25) is 0 Å². The van der Waals surface area contributed by atoms with E-state index < -0.39 is 0 Å². The fourth-order valence-electron chi connectivity index (χ4n) is 2.30. The van der Waals surface area contributed by atoms with E-state index >= 15 is 0 Å². The number of benzene rings is 1. The molecule has 1 aliphatic rings. The number of fused-ring (bicyclic) bond motifs is 1. The quantitative estimate of drug-likeness (QED) is 0.783. The summed E-state index contributed by atoms with van der Waals surface area (Å²) in [7, 11) is 1.63. The fraction of sp³-hybridized carbons (Fsp3) is 0.467. The molecule has 0 spiro atoms. The van der Waals surface area contributed by atoms with Crippen LogP contribution in [-0.2, 0) is 16.0 Å². The van der Waals surface area contributed by atoms with Crippen molar-refractivity contribution in [3.8, 4) is 0 Å². The smallest absolute Gasteiger partial charge is 0.254 e. The molecule has 1 aromatic carbocycles. The molecule has 0 radical (unpaired) electrons. The number of amides is 2. The van der Waals surface area contributed by atoms with Crippen LogP contribution in [0.15, 0.2) is 24.3 Å². The molecule has 1 N–H and O–H groups in total. The lowest BCUT2D eigenvalue weighted by Gasteiger charge is -2.27. The van der Waals surface area contributed by atoms with Crippen LogP contribution < -0.4 is 5.32 Å². The zero-order valence-electron chi connectivity index (χ0n) is 11.7. The van der Waals surface area contributed by atoms with Crippen molar-refractivity contribution in [2.24, 2.45) is 0 Å². The van der Waals surface area contributed by atoms with Gasteiger partial charge in [-0.25, -0.2) is 0 Å². The molecule has 20 heavy (non-hydrogen) atoms. The molecule has 0 aromatic heterocycles. The molecule has 1 aromatic rings. The van der Waals surface area contributed by atoms with Crippen molar-refractivity contribution in [1.29, 1.82) is 0 Å². The maximum absolute atomic E-state index is 12.3. The number of ether oxygens (including phenoxy) is 1. The zero-order valence-corrected chi connectivity index (χ0v) is 11.7. The fourth-order valence-corrected chi connectivity index (χ4v) is 2.30. The van der Waals surface area contributed by atoms with Crippen LogP contribution in [0.4, 0.5) is 0 Å². The molecule has 0 saturated heterocycles. The third-order valence-electron chi connectivity index (χ3n) is 3.37. The standard InChI is InChI=1S/C15H20N2O3/c1-20-10-4-8-16-14(18)11-17-9-7-12-5-2-3-6-13(12)15(17)19/h2-3,5-6H,4,7-11H2,1H3,(H,16,18). The number of hydrogen-bond donors (Lipinski definition) is 1.